The molecule has 86 valence electrons. The molecule has 4 heteroatoms. The number of hydrogen-bond donors (Lipinski definition) is 2. The van der Waals surface area contributed by atoms with Gasteiger partial charge in [0.15, 0.2) is 0 Å². The Morgan fingerprint density at radius 1 is 1.27 bits per heavy atom. The number of aliphatic hydroxyl groups excluding tert-OH is 1. The lowest BCUT2D eigenvalue weighted by atomic mass is 9.95. The van der Waals surface area contributed by atoms with Crippen molar-refractivity contribution in [3.8, 4) is 0 Å². The van der Waals surface area contributed by atoms with E-state index < -0.39 is 0 Å². The molecule has 2 aliphatic heterocycles. The molecule has 0 bridgehead atoms. The lowest BCUT2D eigenvalue weighted by Crippen LogP contribution is -2.46. The second-order valence-corrected chi connectivity index (χ2v) is 4.60. The van der Waals surface area contributed by atoms with E-state index in [1.54, 1.807) is 0 Å². The van der Waals surface area contributed by atoms with Crippen LogP contribution in [0.4, 0.5) is 0 Å². The Bertz CT molecular complexity index is 227. The van der Waals surface area contributed by atoms with Crippen molar-refractivity contribution in [2.45, 2.75) is 31.8 Å². The summed E-state index contributed by atoms with van der Waals surface area (Å²) in [6, 6.07) is 0. The fraction of sp³-hybridized carbons (Fsp3) is 0.909. The number of β-amino-alcohol motifs (C(OH)–C–C–N with tert-alkyl or cyclic N) is 1. The van der Waals surface area contributed by atoms with Crippen LogP contribution >= 0.6 is 0 Å². The third-order valence-corrected chi connectivity index (χ3v) is 3.40. The number of hydrogen-bond acceptors (Lipinski definition) is 3. The molecule has 2 saturated heterocycles. The molecule has 0 radical (unpaired) electrons. The number of nitrogens with zero attached hydrogens (tertiary/aromatic N) is 1. The van der Waals surface area contributed by atoms with Crippen molar-refractivity contribution in [1.82, 2.24) is 10.2 Å². The molecular formula is C11H20N2O2. The number of rotatable bonds is 1. The van der Waals surface area contributed by atoms with E-state index in [4.69, 9.17) is 0 Å². The van der Waals surface area contributed by atoms with Crippen molar-refractivity contribution in [3.05, 3.63) is 0 Å². The summed E-state index contributed by atoms with van der Waals surface area (Å²) in [5, 5.41) is 12.8. The van der Waals surface area contributed by atoms with Crippen molar-refractivity contribution >= 4 is 5.91 Å². The van der Waals surface area contributed by atoms with Crippen LogP contribution in [-0.2, 0) is 4.79 Å². The predicted molar refractivity (Wildman–Crippen MR) is 57.4 cm³/mol. The molecular weight excluding hydrogens is 192 g/mol. The summed E-state index contributed by atoms with van der Waals surface area (Å²) < 4.78 is 0. The van der Waals surface area contributed by atoms with Gasteiger partial charge in [-0.25, -0.2) is 0 Å². The number of aliphatic hydroxyl groups is 1. The third-order valence-electron chi connectivity index (χ3n) is 3.40. The van der Waals surface area contributed by atoms with Gasteiger partial charge in [-0.05, 0) is 38.8 Å². The number of piperidine rings is 2. The van der Waals surface area contributed by atoms with Crippen LogP contribution in [0.3, 0.4) is 0 Å². The molecule has 15 heavy (non-hydrogen) atoms. The van der Waals surface area contributed by atoms with E-state index in [2.05, 4.69) is 5.32 Å². The molecule has 0 aromatic carbocycles. The zero-order chi connectivity index (χ0) is 10.7. The van der Waals surface area contributed by atoms with Crippen molar-refractivity contribution in [1.29, 1.82) is 0 Å². The molecule has 1 amide bonds. The Hall–Kier alpha value is -0.610. The van der Waals surface area contributed by atoms with E-state index in [0.717, 1.165) is 45.3 Å². The Kier molecular flexibility index (Phi) is 3.59. The summed E-state index contributed by atoms with van der Waals surface area (Å²) in [4.78, 5) is 13.9. The van der Waals surface area contributed by atoms with E-state index in [1.807, 2.05) is 4.90 Å². The average Bonchev–Trinajstić information content (AvgIpc) is 2.29. The second kappa shape index (κ2) is 4.94. The van der Waals surface area contributed by atoms with Crippen LogP contribution in [0.5, 0.6) is 0 Å². The molecule has 0 saturated carbocycles. The van der Waals surface area contributed by atoms with Crippen molar-refractivity contribution < 1.29 is 9.90 Å². The maximum Gasteiger partial charge on any atom is 0.225 e. The highest BCUT2D eigenvalue weighted by Gasteiger charge is 2.28. The number of amides is 1. The SMILES string of the molecule is O=C(C1CCNCC1)N1CCCC(O)C1. The first-order chi connectivity index (χ1) is 7.27. The molecule has 4 nitrogen and oxygen atoms in total. The van der Waals surface area contributed by atoms with Gasteiger partial charge in [-0.3, -0.25) is 4.79 Å². The van der Waals surface area contributed by atoms with Crippen LogP contribution in [0.1, 0.15) is 25.7 Å². The van der Waals surface area contributed by atoms with Gasteiger partial charge >= 0.3 is 0 Å². The summed E-state index contributed by atoms with van der Waals surface area (Å²) in [5.74, 6) is 0.451. The van der Waals surface area contributed by atoms with E-state index in [0.29, 0.717) is 6.54 Å². The van der Waals surface area contributed by atoms with E-state index in [-0.39, 0.29) is 17.9 Å². The number of nitrogens with one attached hydrogen (secondary N) is 1. The van der Waals surface area contributed by atoms with Crippen LogP contribution in [0.15, 0.2) is 0 Å². The van der Waals surface area contributed by atoms with Crippen LogP contribution < -0.4 is 5.32 Å². The smallest absolute Gasteiger partial charge is 0.225 e. The predicted octanol–water partition coefficient (Wildman–Crippen LogP) is -0.0307. The quantitative estimate of drug-likeness (QED) is 0.642. The first-order valence-corrected chi connectivity index (χ1v) is 5.95. The number of carbonyl (C=O) groups excluding carboxylic acids is 1. The molecule has 2 N–H and O–H groups in total. The van der Waals surface area contributed by atoms with E-state index in [9.17, 15) is 9.90 Å². The van der Waals surface area contributed by atoms with Gasteiger partial charge in [0.25, 0.3) is 0 Å². The Morgan fingerprint density at radius 2 is 2.00 bits per heavy atom. The highest BCUT2D eigenvalue weighted by atomic mass is 16.3. The third kappa shape index (κ3) is 2.69. The van der Waals surface area contributed by atoms with Crippen molar-refractivity contribution in [2.75, 3.05) is 26.2 Å². The Labute approximate surface area is 90.6 Å². The fourth-order valence-electron chi connectivity index (χ4n) is 2.48. The van der Waals surface area contributed by atoms with Gasteiger partial charge in [0.05, 0.1) is 6.10 Å². The van der Waals surface area contributed by atoms with E-state index >= 15 is 0 Å². The van der Waals surface area contributed by atoms with Gasteiger partial charge < -0.3 is 15.3 Å². The molecule has 2 heterocycles. The number of carbonyl (C=O) groups is 1. The minimum absolute atomic E-state index is 0.191. The Balaban J connectivity index is 1.88. The summed E-state index contributed by atoms with van der Waals surface area (Å²) in [7, 11) is 0. The molecule has 1 atom stereocenters. The summed E-state index contributed by atoms with van der Waals surface area (Å²) in [6.45, 7) is 3.28. The summed E-state index contributed by atoms with van der Waals surface area (Å²) in [6.07, 6.45) is 3.38. The highest BCUT2D eigenvalue weighted by Crippen LogP contribution is 2.18. The van der Waals surface area contributed by atoms with Gasteiger partial charge in [0.2, 0.25) is 5.91 Å². The van der Waals surface area contributed by atoms with Crippen molar-refractivity contribution in [3.63, 3.8) is 0 Å². The fourth-order valence-corrected chi connectivity index (χ4v) is 2.48. The van der Waals surface area contributed by atoms with Crippen molar-refractivity contribution in [2.24, 2.45) is 5.92 Å². The summed E-state index contributed by atoms with van der Waals surface area (Å²) >= 11 is 0. The summed E-state index contributed by atoms with van der Waals surface area (Å²) in [5.41, 5.74) is 0. The van der Waals surface area contributed by atoms with Crippen LogP contribution in [0.25, 0.3) is 0 Å². The second-order valence-electron chi connectivity index (χ2n) is 4.60. The molecule has 0 aromatic heterocycles. The molecule has 0 aliphatic carbocycles. The molecule has 1 unspecified atom stereocenters. The molecule has 0 spiro atoms. The van der Waals surface area contributed by atoms with Crippen LogP contribution in [0.2, 0.25) is 0 Å². The van der Waals surface area contributed by atoms with Gasteiger partial charge in [-0.2, -0.15) is 0 Å². The molecule has 2 fully saturated rings. The van der Waals surface area contributed by atoms with Crippen LogP contribution in [0, 0.1) is 5.92 Å². The van der Waals surface area contributed by atoms with E-state index in [1.165, 1.54) is 0 Å². The minimum Gasteiger partial charge on any atom is -0.391 e. The zero-order valence-electron chi connectivity index (χ0n) is 9.11. The highest BCUT2D eigenvalue weighted by molar-refractivity contribution is 5.79. The van der Waals surface area contributed by atoms with Gasteiger partial charge in [0.1, 0.15) is 0 Å². The number of likely N-dealkylation sites (tertiary alicyclic amines) is 1. The Morgan fingerprint density at radius 3 is 2.67 bits per heavy atom. The minimum atomic E-state index is -0.301. The van der Waals surface area contributed by atoms with Gasteiger partial charge in [0, 0.05) is 19.0 Å². The molecule has 0 aromatic rings. The zero-order valence-corrected chi connectivity index (χ0v) is 9.11. The maximum absolute atomic E-state index is 12.1. The largest absolute Gasteiger partial charge is 0.391 e. The van der Waals surface area contributed by atoms with Crippen LogP contribution in [-0.4, -0.2) is 48.2 Å². The lowest BCUT2D eigenvalue weighted by Gasteiger charge is -2.34. The lowest BCUT2D eigenvalue weighted by molar-refractivity contribution is -0.139. The first-order valence-electron chi connectivity index (χ1n) is 5.95. The standard InChI is InChI=1S/C11H20N2O2/c14-10-2-1-7-13(8-10)11(15)9-3-5-12-6-4-9/h9-10,12,14H,1-8H2. The van der Waals surface area contributed by atoms with Gasteiger partial charge in [-0.15, -0.1) is 0 Å². The normalized spacial score (nSPS) is 29.1. The maximum atomic E-state index is 12.1. The monoisotopic (exact) mass is 212 g/mol. The van der Waals surface area contributed by atoms with Gasteiger partial charge in [-0.1, -0.05) is 0 Å². The molecule has 2 rings (SSSR count). The molecule has 2 aliphatic rings. The average molecular weight is 212 g/mol. The topological polar surface area (TPSA) is 52.6 Å². The first kappa shape index (κ1) is 10.9.